The molecule has 2 aromatic rings. The molecule has 0 saturated carbocycles. The predicted molar refractivity (Wildman–Crippen MR) is 111 cm³/mol. The van der Waals surface area contributed by atoms with Gasteiger partial charge in [0.1, 0.15) is 5.01 Å². The minimum absolute atomic E-state index is 0. The Bertz CT molecular complexity index is 746. The molecule has 3 rings (SSSR count). The first-order valence-electron chi connectivity index (χ1n) is 7.20. The number of benzene rings is 1. The molecule has 0 amide bonds. The lowest BCUT2D eigenvalue weighted by Crippen LogP contribution is -2.42. The smallest absolute Gasteiger partial charge is 0.175 e. The number of halogens is 3. The summed E-state index contributed by atoms with van der Waals surface area (Å²) >= 11 is 1.60. The molecule has 0 unspecified atom stereocenters. The number of thiazole rings is 1. The first-order valence-corrected chi connectivity index (χ1v) is 9.97. The average Bonchev–Trinajstić information content (AvgIpc) is 2.96. The Kier molecular flexibility index (Phi) is 10.5. The molecule has 0 aliphatic carbocycles. The van der Waals surface area contributed by atoms with E-state index in [1.165, 1.54) is 6.26 Å². The van der Waals surface area contributed by atoms with Gasteiger partial charge in [0, 0.05) is 49.9 Å². The van der Waals surface area contributed by atoms with Crippen LogP contribution in [-0.4, -0.2) is 50.7 Å². The first-order chi connectivity index (χ1) is 10.5. The topological polar surface area (TPSA) is 62.3 Å². The van der Waals surface area contributed by atoms with E-state index in [2.05, 4.69) is 20.6 Å². The Morgan fingerprint density at radius 3 is 2.28 bits per heavy atom. The Morgan fingerprint density at radius 1 is 1.12 bits per heavy atom. The standard InChI is InChI=1S/C15H19N3O2S2.3ClH/c1-22(19,20)14-4-2-12(3-5-14)15-17-13(11-21-15)10-18-8-6-16-7-9-18;;;/h2-5,11,16H,6-10H2,1H3;3*1H. The molecular weight excluding hydrogens is 425 g/mol. The van der Waals surface area contributed by atoms with Crippen molar-refractivity contribution >= 4 is 58.4 Å². The highest BCUT2D eigenvalue weighted by molar-refractivity contribution is 7.90. The third kappa shape index (κ3) is 6.67. The highest BCUT2D eigenvalue weighted by Gasteiger charge is 2.13. The quantitative estimate of drug-likeness (QED) is 0.782. The molecule has 1 N–H and O–H groups in total. The van der Waals surface area contributed by atoms with Gasteiger partial charge in [0.05, 0.1) is 10.6 Å². The van der Waals surface area contributed by atoms with Crippen LogP contribution >= 0.6 is 48.6 Å². The number of nitrogens with zero attached hydrogens (tertiary/aromatic N) is 2. The van der Waals surface area contributed by atoms with Gasteiger partial charge in [0.25, 0.3) is 0 Å². The second kappa shape index (κ2) is 10.7. The van der Waals surface area contributed by atoms with Crippen molar-refractivity contribution in [2.24, 2.45) is 0 Å². The van der Waals surface area contributed by atoms with Gasteiger partial charge in [-0.3, -0.25) is 4.90 Å². The van der Waals surface area contributed by atoms with Crippen LogP contribution in [0.25, 0.3) is 10.6 Å². The molecule has 0 spiro atoms. The van der Waals surface area contributed by atoms with Crippen molar-refractivity contribution in [1.82, 2.24) is 15.2 Å². The van der Waals surface area contributed by atoms with Gasteiger partial charge in [0.15, 0.2) is 9.84 Å². The van der Waals surface area contributed by atoms with Crippen LogP contribution in [-0.2, 0) is 16.4 Å². The SMILES string of the molecule is CS(=O)(=O)c1ccc(-c2nc(CN3CCNCC3)cs2)cc1.Cl.Cl.Cl. The van der Waals surface area contributed by atoms with Gasteiger partial charge >= 0.3 is 0 Å². The van der Waals surface area contributed by atoms with E-state index >= 15 is 0 Å². The van der Waals surface area contributed by atoms with E-state index in [-0.39, 0.29) is 37.2 Å². The number of sulfone groups is 1. The third-order valence-electron chi connectivity index (χ3n) is 3.68. The predicted octanol–water partition coefficient (Wildman–Crippen LogP) is 2.88. The van der Waals surface area contributed by atoms with Crippen molar-refractivity contribution in [2.75, 3.05) is 32.4 Å². The molecule has 1 aromatic heterocycles. The fourth-order valence-corrected chi connectivity index (χ4v) is 3.90. The van der Waals surface area contributed by atoms with Crippen LogP contribution in [0.5, 0.6) is 0 Å². The molecule has 1 saturated heterocycles. The number of hydrogen-bond donors (Lipinski definition) is 1. The monoisotopic (exact) mass is 445 g/mol. The highest BCUT2D eigenvalue weighted by Crippen LogP contribution is 2.25. The summed E-state index contributed by atoms with van der Waals surface area (Å²) in [5, 5.41) is 6.36. The summed E-state index contributed by atoms with van der Waals surface area (Å²) < 4.78 is 23.0. The first kappa shape index (κ1) is 24.6. The van der Waals surface area contributed by atoms with Crippen molar-refractivity contribution in [3.05, 3.63) is 35.3 Å². The summed E-state index contributed by atoms with van der Waals surface area (Å²) in [6.07, 6.45) is 1.22. The summed E-state index contributed by atoms with van der Waals surface area (Å²) in [6, 6.07) is 6.93. The van der Waals surface area contributed by atoms with Gasteiger partial charge in [-0.25, -0.2) is 13.4 Å². The average molecular weight is 447 g/mol. The Balaban J connectivity index is 0.00000192. The number of aromatic nitrogens is 1. The van der Waals surface area contributed by atoms with Crippen molar-refractivity contribution in [3.8, 4) is 10.6 Å². The van der Waals surface area contributed by atoms with Crippen LogP contribution in [0.15, 0.2) is 34.5 Å². The molecular formula is C15H22Cl3N3O2S2. The number of piperazine rings is 1. The van der Waals surface area contributed by atoms with E-state index in [0.29, 0.717) is 4.90 Å². The van der Waals surface area contributed by atoms with Crippen LogP contribution < -0.4 is 5.32 Å². The van der Waals surface area contributed by atoms with Crippen molar-refractivity contribution in [2.45, 2.75) is 11.4 Å². The van der Waals surface area contributed by atoms with E-state index in [0.717, 1.165) is 49.0 Å². The number of nitrogens with one attached hydrogen (secondary N) is 1. The molecule has 10 heteroatoms. The molecule has 142 valence electrons. The zero-order valence-electron chi connectivity index (χ0n) is 13.7. The van der Waals surface area contributed by atoms with Crippen LogP contribution in [0, 0.1) is 0 Å². The van der Waals surface area contributed by atoms with E-state index in [4.69, 9.17) is 0 Å². The lowest BCUT2D eigenvalue weighted by molar-refractivity contribution is 0.231. The summed E-state index contributed by atoms with van der Waals surface area (Å²) in [5.41, 5.74) is 2.04. The van der Waals surface area contributed by atoms with Crippen molar-refractivity contribution in [1.29, 1.82) is 0 Å². The molecule has 1 aliphatic rings. The molecule has 2 heterocycles. The molecule has 0 bridgehead atoms. The molecule has 5 nitrogen and oxygen atoms in total. The fraction of sp³-hybridized carbons (Fsp3) is 0.400. The number of rotatable bonds is 4. The maximum atomic E-state index is 11.5. The summed E-state index contributed by atoms with van der Waals surface area (Å²) in [4.78, 5) is 7.41. The van der Waals surface area contributed by atoms with Crippen LogP contribution in [0.3, 0.4) is 0 Å². The zero-order valence-corrected chi connectivity index (χ0v) is 17.8. The second-order valence-electron chi connectivity index (χ2n) is 5.47. The van der Waals surface area contributed by atoms with E-state index < -0.39 is 9.84 Å². The molecule has 1 aliphatic heterocycles. The normalized spacial score (nSPS) is 14.8. The minimum atomic E-state index is -3.15. The van der Waals surface area contributed by atoms with Crippen molar-refractivity contribution < 1.29 is 8.42 Å². The Labute approximate surface area is 171 Å². The van der Waals surface area contributed by atoms with E-state index in [1.807, 2.05) is 12.1 Å². The van der Waals surface area contributed by atoms with Crippen LogP contribution in [0.4, 0.5) is 0 Å². The Morgan fingerprint density at radius 2 is 1.72 bits per heavy atom. The highest BCUT2D eigenvalue weighted by atomic mass is 35.5. The van der Waals surface area contributed by atoms with Gasteiger partial charge < -0.3 is 5.32 Å². The zero-order chi connectivity index (χ0) is 15.6. The number of hydrogen-bond acceptors (Lipinski definition) is 6. The Hall–Kier alpha value is -0.410. The molecule has 25 heavy (non-hydrogen) atoms. The maximum absolute atomic E-state index is 11.5. The van der Waals surface area contributed by atoms with E-state index in [9.17, 15) is 8.42 Å². The summed E-state index contributed by atoms with van der Waals surface area (Å²) in [7, 11) is -3.15. The lowest BCUT2D eigenvalue weighted by Gasteiger charge is -2.26. The van der Waals surface area contributed by atoms with Gasteiger partial charge in [0.2, 0.25) is 0 Å². The van der Waals surface area contributed by atoms with Crippen LogP contribution in [0.2, 0.25) is 0 Å². The summed E-state index contributed by atoms with van der Waals surface area (Å²) in [6.45, 7) is 5.04. The van der Waals surface area contributed by atoms with Gasteiger partial charge in [-0.05, 0) is 12.1 Å². The van der Waals surface area contributed by atoms with Gasteiger partial charge in [-0.15, -0.1) is 48.6 Å². The lowest BCUT2D eigenvalue weighted by atomic mass is 10.2. The van der Waals surface area contributed by atoms with E-state index in [1.54, 1.807) is 23.5 Å². The molecule has 1 fully saturated rings. The minimum Gasteiger partial charge on any atom is -0.314 e. The van der Waals surface area contributed by atoms with Crippen LogP contribution in [0.1, 0.15) is 5.69 Å². The molecule has 0 radical (unpaired) electrons. The second-order valence-corrected chi connectivity index (χ2v) is 8.34. The molecule has 1 aromatic carbocycles. The summed E-state index contributed by atoms with van der Waals surface area (Å²) in [5.74, 6) is 0. The van der Waals surface area contributed by atoms with Gasteiger partial charge in [-0.2, -0.15) is 0 Å². The van der Waals surface area contributed by atoms with Gasteiger partial charge in [-0.1, -0.05) is 12.1 Å². The third-order valence-corrected chi connectivity index (χ3v) is 5.75. The fourth-order valence-electron chi connectivity index (χ4n) is 2.46. The molecule has 0 atom stereocenters. The largest absolute Gasteiger partial charge is 0.314 e. The maximum Gasteiger partial charge on any atom is 0.175 e. The van der Waals surface area contributed by atoms with Crippen molar-refractivity contribution in [3.63, 3.8) is 0 Å².